The fourth-order valence-electron chi connectivity index (χ4n) is 2.72. The summed E-state index contributed by atoms with van der Waals surface area (Å²) in [5.41, 5.74) is 8.00. The summed E-state index contributed by atoms with van der Waals surface area (Å²) >= 11 is 0. The SMILES string of the molecule is C[n+]1cccc(COc2ccc(/C=N/N=C(N)N3CCCC3)cc2)c1. The average molecular weight is 338 g/mol. The van der Waals surface area contributed by atoms with Crippen LogP contribution in [0.4, 0.5) is 0 Å². The zero-order chi connectivity index (χ0) is 17.5. The van der Waals surface area contributed by atoms with Crippen molar-refractivity contribution >= 4 is 12.2 Å². The minimum Gasteiger partial charge on any atom is -0.489 e. The summed E-state index contributed by atoms with van der Waals surface area (Å²) in [5, 5.41) is 8.14. The minimum atomic E-state index is 0.490. The summed E-state index contributed by atoms with van der Waals surface area (Å²) in [7, 11) is 2.00. The third-order valence-corrected chi connectivity index (χ3v) is 4.08. The lowest BCUT2D eigenvalue weighted by atomic mass is 10.2. The molecule has 0 bridgehead atoms. The number of guanidine groups is 1. The first-order valence-corrected chi connectivity index (χ1v) is 8.49. The largest absolute Gasteiger partial charge is 0.489 e. The molecule has 1 aromatic carbocycles. The van der Waals surface area contributed by atoms with Crippen molar-refractivity contribution in [1.82, 2.24) is 4.90 Å². The first-order valence-electron chi connectivity index (χ1n) is 8.49. The van der Waals surface area contributed by atoms with Crippen LogP contribution < -0.4 is 15.0 Å². The molecule has 1 aromatic heterocycles. The van der Waals surface area contributed by atoms with Crippen LogP contribution in [0.5, 0.6) is 5.75 Å². The van der Waals surface area contributed by atoms with Gasteiger partial charge in [0.2, 0.25) is 5.96 Å². The van der Waals surface area contributed by atoms with Crippen LogP contribution in [-0.2, 0) is 13.7 Å². The van der Waals surface area contributed by atoms with Gasteiger partial charge in [0, 0.05) is 19.2 Å². The molecule has 0 saturated carbocycles. The van der Waals surface area contributed by atoms with Crippen molar-refractivity contribution in [3.63, 3.8) is 0 Å². The molecule has 130 valence electrons. The van der Waals surface area contributed by atoms with E-state index in [0.29, 0.717) is 12.6 Å². The molecule has 1 fully saturated rings. The molecule has 2 heterocycles. The molecular weight excluding hydrogens is 314 g/mol. The molecule has 0 unspecified atom stereocenters. The molecule has 0 radical (unpaired) electrons. The number of aromatic nitrogens is 1. The standard InChI is InChI=1S/C19H24N5O/c1-23-10-4-5-17(14-23)15-25-18-8-6-16(7-9-18)13-21-22-19(20)24-11-2-3-12-24/h4-10,13-14H,2-3,11-12,15H2,1H3,(H2,20,22)/q+1/b21-13+. The third-order valence-electron chi connectivity index (χ3n) is 4.08. The molecule has 1 aliphatic heterocycles. The highest BCUT2D eigenvalue weighted by atomic mass is 16.5. The normalized spacial score (nSPS) is 15.1. The van der Waals surface area contributed by atoms with Crippen LogP contribution in [0, 0.1) is 0 Å². The lowest BCUT2D eigenvalue weighted by Gasteiger charge is -2.13. The van der Waals surface area contributed by atoms with E-state index in [-0.39, 0.29) is 0 Å². The molecule has 0 aliphatic carbocycles. The maximum absolute atomic E-state index is 5.91. The first-order chi connectivity index (χ1) is 12.2. The van der Waals surface area contributed by atoms with Crippen LogP contribution >= 0.6 is 0 Å². The van der Waals surface area contributed by atoms with Gasteiger partial charge in [0.1, 0.15) is 19.4 Å². The van der Waals surface area contributed by atoms with Gasteiger partial charge in [0.15, 0.2) is 12.4 Å². The molecule has 3 rings (SSSR count). The fourth-order valence-corrected chi connectivity index (χ4v) is 2.72. The topological polar surface area (TPSA) is 67.1 Å². The van der Waals surface area contributed by atoms with E-state index in [0.717, 1.165) is 30.0 Å². The highest BCUT2D eigenvalue weighted by Gasteiger charge is 2.12. The number of hydrogen-bond donors (Lipinski definition) is 1. The van der Waals surface area contributed by atoms with E-state index in [1.807, 2.05) is 60.4 Å². The first kappa shape index (κ1) is 17.0. The van der Waals surface area contributed by atoms with Gasteiger partial charge in [0.25, 0.3) is 0 Å². The number of pyridine rings is 1. The number of aryl methyl sites for hydroxylation is 1. The molecule has 2 aromatic rings. The summed E-state index contributed by atoms with van der Waals surface area (Å²) in [6.07, 6.45) is 8.08. The summed E-state index contributed by atoms with van der Waals surface area (Å²) in [5.74, 6) is 1.31. The maximum Gasteiger partial charge on any atom is 0.216 e. The van der Waals surface area contributed by atoms with Gasteiger partial charge in [-0.15, -0.1) is 5.10 Å². The van der Waals surface area contributed by atoms with Crippen molar-refractivity contribution in [2.24, 2.45) is 23.0 Å². The summed E-state index contributed by atoms with van der Waals surface area (Å²) in [6.45, 7) is 2.48. The molecule has 0 atom stereocenters. The van der Waals surface area contributed by atoms with Gasteiger partial charge < -0.3 is 15.4 Å². The summed E-state index contributed by atoms with van der Waals surface area (Å²) in [6, 6.07) is 11.8. The highest BCUT2D eigenvalue weighted by Crippen LogP contribution is 2.13. The quantitative estimate of drug-likeness (QED) is 0.391. The monoisotopic (exact) mass is 338 g/mol. The summed E-state index contributed by atoms with van der Waals surface area (Å²) in [4.78, 5) is 2.05. The van der Waals surface area contributed by atoms with E-state index in [4.69, 9.17) is 10.5 Å². The Kier molecular flexibility index (Phi) is 5.61. The third kappa shape index (κ3) is 5.04. The molecule has 0 amide bonds. The summed E-state index contributed by atoms with van der Waals surface area (Å²) < 4.78 is 7.81. The van der Waals surface area contributed by atoms with Crippen molar-refractivity contribution in [3.05, 3.63) is 59.9 Å². The second-order valence-electron chi connectivity index (χ2n) is 6.13. The van der Waals surface area contributed by atoms with Crippen molar-refractivity contribution < 1.29 is 9.30 Å². The number of likely N-dealkylation sites (tertiary alicyclic amines) is 1. The fraction of sp³-hybridized carbons (Fsp3) is 0.316. The number of benzene rings is 1. The molecule has 1 saturated heterocycles. The Hall–Kier alpha value is -2.89. The molecule has 25 heavy (non-hydrogen) atoms. The lowest BCUT2D eigenvalue weighted by molar-refractivity contribution is -0.672. The van der Waals surface area contributed by atoms with Crippen LogP contribution in [0.25, 0.3) is 0 Å². The van der Waals surface area contributed by atoms with Crippen molar-refractivity contribution in [3.8, 4) is 5.75 Å². The zero-order valence-corrected chi connectivity index (χ0v) is 14.5. The van der Waals surface area contributed by atoms with E-state index in [1.165, 1.54) is 12.8 Å². The Morgan fingerprint density at radius 1 is 1.24 bits per heavy atom. The number of nitrogens with zero attached hydrogens (tertiary/aromatic N) is 4. The van der Waals surface area contributed by atoms with Crippen molar-refractivity contribution in [2.45, 2.75) is 19.4 Å². The second kappa shape index (κ2) is 8.28. The Bertz CT molecular complexity index is 749. The average Bonchev–Trinajstić information content (AvgIpc) is 3.16. The van der Waals surface area contributed by atoms with Crippen molar-refractivity contribution in [2.75, 3.05) is 13.1 Å². The Labute approximate surface area is 148 Å². The number of rotatable bonds is 5. The van der Waals surface area contributed by atoms with E-state index >= 15 is 0 Å². The lowest BCUT2D eigenvalue weighted by Crippen LogP contribution is -2.34. The van der Waals surface area contributed by atoms with Crippen molar-refractivity contribution in [1.29, 1.82) is 0 Å². The number of nitrogens with two attached hydrogens (primary N) is 1. The van der Waals surface area contributed by atoms with Gasteiger partial charge in [0.05, 0.1) is 11.8 Å². The van der Waals surface area contributed by atoms with Crippen LogP contribution in [0.3, 0.4) is 0 Å². The van der Waals surface area contributed by atoms with E-state index in [1.54, 1.807) is 6.21 Å². The van der Waals surface area contributed by atoms with Gasteiger partial charge >= 0.3 is 0 Å². The van der Waals surface area contributed by atoms with E-state index in [2.05, 4.69) is 15.1 Å². The Morgan fingerprint density at radius 3 is 2.72 bits per heavy atom. The second-order valence-corrected chi connectivity index (χ2v) is 6.13. The Balaban J connectivity index is 1.53. The predicted octanol–water partition coefficient (Wildman–Crippen LogP) is 1.83. The van der Waals surface area contributed by atoms with Gasteiger partial charge in [-0.3, -0.25) is 0 Å². The minimum absolute atomic E-state index is 0.490. The highest BCUT2D eigenvalue weighted by molar-refractivity contribution is 5.82. The molecule has 6 heteroatoms. The predicted molar refractivity (Wildman–Crippen MR) is 98.4 cm³/mol. The van der Waals surface area contributed by atoms with E-state index in [9.17, 15) is 0 Å². The molecule has 6 nitrogen and oxygen atoms in total. The number of ether oxygens (including phenoxy) is 1. The Morgan fingerprint density at radius 2 is 2.00 bits per heavy atom. The van der Waals surface area contributed by atoms with Gasteiger partial charge in [-0.1, -0.05) is 0 Å². The zero-order valence-electron chi connectivity index (χ0n) is 14.5. The van der Waals surface area contributed by atoms with Crippen LogP contribution in [0.2, 0.25) is 0 Å². The molecular formula is C19H24N5O+. The maximum atomic E-state index is 5.91. The number of hydrogen-bond acceptors (Lipinski definition) is 3. The van der Waals surface area contributed by atoms with Gasteiger partial charge in [-0.05, 0) is 48.7 Å². The molecule has 1 aliphatic rings. The van der Waals surface area contributed by atoms with Crippen LogP contribution in [0.15, 0.2) is 59.0 Å². The smallest absolute Gasteiger partial charge is 0.216 e. The van der Waals surface area contributed by atoms with E-state index < -0.39 is 0 Å². The molecule has 2 N–H and O–H groups in total. The van der Waals surface area contributed by atoms with Gasteiger partial charge in [-0.25, -0.2) is 4.57 Å². The van der Waals surface area contributed by atoms with Crippen LogP contribution in [-0.4, -0.2) is 30.2 Å². The molecule has 0 spiro atoms. The van der Waals surface area contributed by atoms with Crippen LogP contribution in [0.1, 0.15) is 24.0 Å². The van der Waals surface area contributed by atoms with Gasteiger partial charge in [-0.2, -0.15) is 5.10 Å².